The van der Waals surface area contributed by atoms with Gasteiger partial charge in [0.15, 0.2) is 0 Å². The third kappa shape index (κ3) is 3.32. The van der Waals surface area contributed by atoms with E-state index in [2.05, 4.69) is 10.3 Å². The first kappa shape index (κ1) is 13.5. The van der Waals surface area contributed by atoms with E-state index in [1.165, 1.54) is 13.0 Å². The number of rotatable bonds is 4. The maximum Gasteiger partial charge on any atom is 0.373 e. The number of aromatic carboxylic acids is 1. The van der Waals surface area contributed by atoms with Crippen LogP contribution in [-0.2, 0) is 4.79 Å². The van der Waals surface area contributed by atoms with E-state index in [1.54, 1.807) is 6.08 Å². The minimum absolute atomic E-state index is 0.136. The number of aryl methyl sites for hydroxylation is 1. The van der Waals surface area contributed by atoms with Crippen molar-refractivity contribution in [2.24, 2.45) is 0 Å². The van der Waals surface area contributed by atoms with E-state index in [0.717, 1.165) is 5.56 Å². The fourth-order valence-electron chi connectivity index (χ4n) is 1.53. The van der Waals surface area contributed by atoms with Crippen molar-refractivity contribution in [1.29, 1.82) is 0 Å². The molecule has 0 saturated heterocycles. The number of carboxylic acid groups (broad SMARTS) is 1. The number of carbonyl (C=O) groups is 2. The second-order valence-electron chi connectivity index (χ2n) is 3.97. The van der Waals surface area contributed by atoms with Crippen LogP contribution in [-0.4, -0.2) is 22.0 Å². The summed E-state index contributed by atoms with van der Waals surface area (Å²) in [5.41, 5.74) is 1.08. The maximum absolute atomic E-state index is 11.6. The lowest BCUT2D eigenvalue weighted by atomic mass is 10.2. The van der Waals surface area contributed by atoms with Crippen molar-refractivity contribution in [1.82, 2.24) is 4.98 Å². The number of nitrogens with zero attached hydrogens (tertiary/aromatic N) is 1. The molecule has 0 fully saturated rings. The van der Waals surface area contributed by atoms with Crippen molar-refractivity contribution in [3.63, 3.8) is 0 Å². The third-order valence-corrected chi connectivity index (χ3v) is 2.45. The Morgan fingerprint density at radius 1 is 1.30 bits per heavy atom. The third-order valence-electron chi connectivity index (χ3n) is 2.45. The summed E-state index contributed by atoms with van der Waals surface area (Å²) < 4.78 is 4.92. The molecule has 1 amide bonds. The molecule has 0 spiro atoms. The lowest BCUT2D eigenvalue weighted by Crippen LogP contribution is -2.07. The van der Waals surface area contributed by atoms with Crippen molar-refractivity contribution in [2.75, 3.05) is 5.32 Å². The van der Waals surface area contributed by atoms with Gasteiger partial charge < -0.3 is 9.52 Å². The zero-order valence-corrected chi connectivity index (χ0v) is 10.7. The van der Waals surface area contributed by atoms with Crippen LogP contribution in [0.5, 0.6) is 0 Å². The number of hydrogen-bond acceptors (Lipinski definition) is 4. The average molecular weight is 272 g/mol. The van der Waals surface area contributed by atoms with Gasteiger partial charge in [0.2, 0.25) is 5.76 Å². The van der Waals surface area contributed by atoms with Crippen molar-refractivity contribution >= 4 is 24.0 Å². The number of oxazole rings is 1. The first-order valence-corrected chi connectivity index (χ1v) is 5.81. The van der Waals surface area contributed by atoms with Crippen molar-refractivity contribution in [3.8, 4) is 0 Å². The van der Waals surface area contributed by atoms with Gasteiger partial charge >= 0.3 is 12.0 Å². The molecule has 0 aliphatic rings. The molecule has 0 saturated carbocycles. The Morgan fingerprint density at radius 3 is 2.60 bits per heavy atom. The van der Waals surface area contributed by atoms with Gasteiger partial charge in [0.1, 0.15) is 0 Å². The summed E-state index contributed by atoms with van der Waals surface area (Å²) in [6.07, 6.45) is 2.94. The molecule has 0 aliphatic heterocycles. The summed E-state index contributed by atoms with van der Waals surface area (Å²) >= 11 is 0. The fourth-order valence-corrected chi connectivity index (χ4v) is 1.53. The highest BCUT2D eigenvalue weighted by Crippen LogP contribution is 2.14. The van der Waals surface area contributed by atoms with Crippen LogP contribution in [0.2, 0.25) is 0 Å². The van der Waals surface area contributed by atoms with Gasteiger partial charge in [-0.3, -0.25) is 10.1 Å². The molecule has 1 aromatic heterocycles. The summed E-state index contributed by atoms with van der Waals surface area (Å²) in [6.45, 7) is 1.49. The number of benzene rings is 1. The lowest BCUT2D eigenvalue weighted by molar-refractivity contribution is -0.112. The SMILES string of the molecule is Cc1nc(NC(=O)/C=C/c2ccccc2)oc1C(=O)O. The molecule has 0 aliphatic carbocycles. The zero-order chi connectivity index (χ0) is 14.5. The van der Waals surface area contributed by atoms with Gasteiger partial charge in [0, 0.05) is 6.08 Å². The van der Waals surface area contributed by atoms with Crippen LogP contribution in [0.15, 0.2) is 40.8 Å². The molecule has 2 rings (SSSR count). The molecule has 6 heteroatoms. The van der Waals surface area contributed by atoms with E-state index in [9.17, 15) is 9.59 Å². The molecule has 0 radical (unpaired) electrons. The van der Waals surface area contributed by atoms with Gasteiger partial charge in [-0.2, -0.15) is 4.98 Å². The number of hydrogen-bond donors (Lipinski definition) is 2. The Morgan fingerprint density at radius 2 is 2.00 bits per heavy atom. The van der Waals surface area contributed by atoms with E-state index in [0.29, 0.717) is 0 Å². The van der Waals surface area contributed by atoms with Gasteiger partial charge in [-0.05, 0) is 18.6 Å². The molecular weight excluding hydrogens is 260 g/mol. The summed E-state index contributed by atoms with van der Waals surface area (Å²) in [4.78, 5) is 26.2. The Kier molecular flexibility index (Phi) is 3.95. The smallest absolute Gasteiger partial charge is 0.373 e. The molecule has 1 heterocycles. The number of anilines is 1. The first-order chi connectivity index (χ1) is 9.56. The van der Waals surface area contributed by atoms with Gasteiger partial charge in [-0.1, -0.05) is 30.3 Å². The Balaban J connectivity index is 2.03. The molecule has 1 aromatic carbocycles. The molecule has 6 nitrogen and oxygen atoms in total. The normalized spacial score (nSPS) is 10.7. The van der Waals surface area contributed by atoms with E-state index in [1.807, 2.05) is 30.3 Å². The summed E-state index contributed by atoms with van der Waals surface area (Å²) in [5, 5.41) is 11.2. The number of nitrogens with one attached hydrogen (secondary N) is 1. The molecule has 0 unspecified atom stereocenters. The highest BCUT2D eigenvalue weighted by Gasteiger charge is 2.16. The Bertz CT molecular complexity index is 659. The molecule has 2 N–H and O–H groups in total. The minimum atomic E-state index is -1.23. The number of carboxylic acids is 1. The van der Waals surface area contributed by atoms with Crippen molar-refractivity contribution in [3.05, 3.63) is 53.4 Å². The van der Waals surface area contributed by atoms with Crippen LogP contribution in [0.1, 0.15) is 21.8 Å². The largest absolute Gasteiger partial charge is 0.475 e. The van der Waals surface area contributed by atoms with E-state index in [4.69, 9.17) is 9.52 Å². The second-order valence-corrected chi connectivity index (χ2v) is 3.97. The predicted molar refractivity (Wildman–Crippen MR) is 72.3 cm³/mol. The highest BCUT2D eigenvalue weighted by atomic mass is 16.4. The van der Waals surface area contributed by atoms with E-state index in [-0.39, 0.29) is 17.5 Å². The summed E-state index contributed by atoms with van der Waals surface area (Å²) in [6, 6.07) is 9.15. The van der Waals surface area contributed by atoms with Crippen molar-refractivity contribution < 1.29 is 19.1 Å². The molecule has 102 valence electrons. The lowest BCUT2D eigenvalue weighted by Gasteiger charge is -1.95. The Hall–Kier alpha value is -2.89. The van der Waals surface area contributed by atoms with E-state index >= 15 is 0 Å². The van der Waals surface area contributed by atoms with Crippen LogP contribution < -0.4 is 5.32 Å². The van der Waals surface area contributed by atoms with Gasteiger partial charge in [-0.15, -0.1) is 0 Å². The van der Waals surface area contributed by atoms with E-state index < -0.39 is 11.9 Å². The zero-order valence-electron chi connectivity index (χ0n) is 10.7. The summed E-state index contributed by atoms with van der Waals surface area (Å²) in [5.74, 6) is -1.96. The maximum atomic E-state index is 11.6. The monoisotopic (exact) mass is 272 g/mol. The van der Waals surface area contributed by atoms with Crippen LogP contribution in [0.3, 0.4) is 0 Å². The molecule has 0 atom stereocenters. The molecule has 20 heavy (non-hydrogen) atoms. The quantitative estimate of drug-likeness (QED) is 0.833. The number of aromatic nitrogens is 1. The van der Waals surface area contributed by atoms with Crippen LogP contribution in [0.4, 0.5) is 6.01 Å². The fraction of sp³-hybridized carbons (Fsp3) is 0.0714. The van der Waals surface area contributed by atoms with Crippen LogP contribution >= 0.6 is 0 Å². The number of amides is 1. The summed E-state index contributed by atoms with van der Waals surface area (Å²) in [7, 11) is 0. The van der Waals surface area contributed by atoms with Gasteiger partial charge in [0.05, 0.1) is 5.69 Å². The average Bonchev–Trinajstić information content (AvgIpc) is 2.78. The van der Waals surface area contributed by atoms with Crippen LogP contribution in [0.25, 0.3) is 6.08 Å². The van der Waals surface area contributed by atoms with Gasteiger partial charge in [0.25, 0.3) is 5.91 Å². The molecular formula is C14H12N2O4. The topological polar surface area (TPSA) is 92.4 Å². The molecule has 0 bridgehead atoms. The predicted octanol–water partition coefficient (Wildman–Crippen LogP) is 2.33. The second kappa shape index (κ2) is 5.83. The van der Waals surface area contributed by atoms with Crippen molar-refractivity contribution in [2.45, 2.75) is 6.92 Å². The van der Waals surface area contributed by atoms with Crippen LogP contribution in [0, 0.1) is 6.92 Å². The van der Waals surface area contributed by atoms with Gasteiger partial charge in [-0.25, -0.2) is 4.79 Å². The Labute approximate surface area is 114 Å². The first-order valence-electron chi connectivity index (χ1n) is 5.81. The molecule has 2 aromatic rings. The minimum Gasteiger partial charge on any atom is -0.475 e. The highest BCUT2D eigenvalue weighted by molar-refractivity contribution is 6.00. The number of carbonyl (C=O) groups excluding carboxylic acids is 1. The standard InChI is InChI=1S/C14H12N2O4/c1-9-12(13(18)19)20-14(15-9)16-11(17)8-7-10-5-3-2-4-6-10/h2-8H,1H3,(H,18,19)(H,15,16,17)/b8-7+.